The van der Waals surface area contributed by atoms with Gasteiger partial charge in [0.1, 0.15) is 4.34 Å². The summed E-state index contributed by atoms with van der Waals surface area (Å²) in [5.41, 5.74) is 1.36. The molecule has 1 aliphatic carbocycles. The number of ketones is 1. The zero-order chi connectivity index (χ0) is 12.0. The molecule has 0 bridgehead atoms. The molecular weight excluding hydrogens is 340 g/mol. The normalized spacial score (nSPS) is 14.0. The lowest BCUT2D eigenvalue weighted by Crippen LogP contribution is -1.94. The Labute approximate surface area is 121 Å². The summed E-state index contributed by atoms with van der Waals surface area (Å²) >= 11 is 12.3. The van der Waals surface area contributed by atoms with Crippen LogP contribution in [-0.2, 0) is 12.8 Å². The fourth-order valence-corrected chi connectivity index (χ4v) is 4.95. The summed E-state index contributed by atoms with van der Waals surface area (Å²) in [6.07, 6.45) is 3.47. The summed E-state index contributed by atoms with van der Waals surface area (Å²) in [6, 6.07) is 3.86. The molecule has 0 saturated heterocycles. The lowest BCUT2D eigenvalue weighted by Gasteiger charge is -1.92. The highest BCUT2D eigenvalue weighted by molar-refractivity contribution is 9.10. The molecule has 17 heavy (non-hydrogen) atoms. The van der Waals surface area contributed by atoms with Crippen LogP contribution in [0.4, 0.5) is 0 Å². The first-order valence-corrected chi connectivity index (χ1v) is 8.06. The first-order valence-electron chi connectivity index (χ1n) is 5.26. The highest BCUT2D eigenvalue weighted by atomic mass is 79.9. The highest BCUT2D eigenvalue weighted by Crippen LogP contribution is 2.36. The van der Waals surface area contributed by atoms with Crippen molar-refractivity contribution in [3.05, 3.63) is 41.1 Å². The van der Waals surface area contributed by atoms with Gasteiger partial charge in [0.25, 0.3) is 0 Å². The van der Waals surface area contributed by atoms with Crippen molar-refractivity contribution in [2.24, 2.45) is 0 Å². The van der Waals surface area contributed by atoms with Crippen molar-refractivity contribution >= 4 is 56.0 Å². The number of carbonyl (C=O) groups excluding carboxylic acids is 1. The number of thiophene rings is 2. The summed E-state index contributed by atoms with van der Waals surface area (Å²) in [5.74, 6) is 0.0991. The molecule has 1 nitrogen and oxygen atoms in total. The van der Waals surface area contributed by atoms with Crippen LogP contribution >= 0.6 is 50.2 Å². The molecule has 0 aliphatic heterocycles. The van der Waals surface area contributed by atoms with E-state index in [2.05, 4.69) is 22.0 Å². The van der Waals surface area contributed by atoms with Crippen molar-refractivity contribution in [2.45, 2.75) is 19.3 Å². The van der Waals surface area contributed by atoms with Crippen LogP contribution in [0.2, 0.25) is 4.34 Å². The number of carbonyl (C=O) groups is 1. The molecule has 0 unspecified atom stereocenters. The van der Waals surface area contributed by atoms with Crippen molar-refractivity contribution in [2.75, 3.05) is 0 Å². The topological polar surface area (TPSA) is 17.1 Å². The molecular formula is C12H8BrClOS2. The molecule has 0 atom stereocenters. The van der Waals surface area contributed by atoms with Gasteiger partial charge in [-0.3, -0.25) is 4.79 Å². The number of halogens is 2. The third-order valence-electron chi connectivity index (χ3n) is 2.84. The van der Waals surface area contributed by atoms with Gasteiger partial charge in [-0.05, 0) is 52.9 Å². The van der Waals surface area contributed by atoms with Gasteiger partial charge in [0.2, 0.25) is 5.78 Å². The van der Waals surface area contributed by atoms with E-state index in [0.717, 1.165) is 22.2 Å². The molecule has 2 heterocycles. The van der Waals surface area contributed by atoms with E-state index in [1.54, 1.807) is 17.4 Å². The third kappa shape index (κ3) is 2.12. The van der Waals surface area contributed by atoms with E-state index in [1.807, 2.05) is 0 Å². The second kappa shape index (κ2) is 4.50. The Balaban J connectivity index is 1.95. The van der Waals surface area contributed by atoms with Gasteiger partial charge in [0, 0.05) is 9.35 Å². The third-order valence-corrected chi connectivity index (χ3v) is 6.55. The Bertz CT molecular complexity index is 559. The lowest BCUT2D eigenvalue weighted by atomic mass is 10.2. The average Bonchev–Trinajstić information content (AvgIpc) is 2.92. The zero-order valence-electron chi connectivity index (χ0n) is 8.76. The first kappa shape index (κ1) is 11.9. The molecule has 0 saturated carbocycles. The van der Waals surface area contributed by atoms with Gasteiger partial charge >= 0.3 is 0 Å². The molecule has 0 N–H and O–H groups in total. The second-order valence-electron chi connectivity index (χ2n) is 3.97. The molecule has 0 amide bonds. The van der Waals surface area contributed by atoms with E-state index in [4.69, 9.17) is 11.6 Å². The van der Waals surface area contributed by atoms with Crippen molar-refractivity contribution in [3.63, 3.8) is 0 Å². The van der Waals surface area contributed by atoms with E-state index in [-0.39, 0.29) is 5.78 Å². The van der Waals surface area contributed by atoms with Gasteiger partial charge in [-0.1, -0.05) is 11.6 Å². The van der Waals surface area contributed by atoms with Crippen LogP contribution in [-0.4, -0.2) is 5.78 Å². The SMILES string of the molecule is O=C(c1cc(Br)c(Cl)s1)c1cc2c(s1)CCC2. The largest absolute Gasteiger partial charge is 0.287 e. The summed E-state index contributed by atoms with van der Waals surface area (Å²) in [7, 11) is 0. The Kier molecular flexibility index (Phi) is 3.15. The molecule has 0 spiro atoms. The van der Waals surface area contributed by atoms with E-state index in [0.29, 0.717) is 9.21 Å². The van der Waals surface area contributed by atoms with Crippen molar-refractivity contribution < 1.29 is 4.79 Å². The molecule has 2 aromatic heterocycles. The van der Waals surface area contributed by atoms with Crippen LogP contribution in [0.3, 0.4) is 0 Å². The van der Waals surface area contributed by atoms with Crippen molar-refractivity contribution in [1.29, 1.82) is 0 Å². The van der Waals surface area contributed by atoms with Crippen molar-refractivity contribution in [3.8, 4) is 0 Å². The predicted octanol–water partition coefficient (Wildman–Crippen LogP) is 4.95. The minimum Gasteiger partial charge on any atom is -0.287 e. The summed E-state index contributed by atoms with van der Waals surface area (Å²) < 4.78 is 1.44. The Hall–Kier alpha value is -0.160. The highest BCUT2D eigenvalue weighted by Gasteiger charge is 2.21. The minimum absolute atomic E-state index is 0.0991. The van der Waals surface area contributed by atoms with Gasteiger partial charge in [0.15, 0.2) is 0 Å². The maximum absolute atomic E-state index is 12.3. The van der Waals surface area contributed by atoms with Crippen LogP contribution in [0.1, 0.15) is 31.4 Å². The molecule has 88 valence electrons. The number of fused-ring (bicyclic) bond motifs is 1. The van der Waals surface area contributed by atoms with E-state index in [9.17, 15) is 4.79 Å². The maximum Gasteiger partial charge on any atom is 0.212 e. The van der Waals surface area contributed by atoms with Gasteiger partial charge in [-0.15, -0.1) is 22.7 Å². The van der Waals surface area contributed by atoms with Crippen molar-refractivity contribution in [1.82, 2.24) is 0 Å². The fraction of sp³-hybridized carbons (Fsp3) is 0.250. The van der Waals surface area contributed by atoms with Crippen LogP contribution in [0.25, 0.3) is 0 Å². The fourth-order valence-electron chi connectivity index (χ4n) is 2.02. The van der Waals surface area contributed by atoms with Crippen LogP contribution in [0.5, 0.6) is 0 Å². The first-order chi connectivity index (χ1) is 8.15. The molecule has 5 heteroatoms. The van der Waals surface area contributed by atoms with Crippen LogP contribution in [0, 0.1) is 0 Å². The van der Waals surface area contributed by atoms with Gasteiger partial charge in [0.05, 0.1) is 9.75 Å². The van der Waals surface area contributed by atoms with E-state index in [1.165, 1.54) is 28.2 Å². The predicted molar refractivity (Wildman–Crippen MR) is 76.8 cm³/mol. The Morgan fingerprint density at radius 3 is 2.65 bits per heavy atom. The average molecular weight is 348 g/mol. The molecule has 3 rings (SSSR count). The van der Waals surface area contributed by atoms with Gasteiger partial charge in [-0.25, -0.2) is 0 Å². The number of rotatable bonds is 2. The van der Waals surface area contributed by atoms with Crippen LogP contribution < -0.4 is 0 Å². The van der Waals surface area contributed by atoms with Gasteiger partial charge < -0.3 is 0 Å². The summed E-state index contributed by atoms with van der Waals surface area (Å²) in [4.78, 5) is 15.2. The Morgan fingerprint density at radius 2 is 2.00 bits per heavy atom. The van der Waals surface area contributed by atoms with E-state index < -0.39 is 0 Å². The Morgan fingerprint density at radius 1 is 1.24 bits per heavy atom. The molecule has 0 aromatic carbocycles. The molecule has 1 aliphatic rings. The summed E-state index contributed by atoms with van der Waals surface area (Å²) in [6.45, 7) is 0. The molecule has 0 fully saturated rings. The van der Waals surface area contributed by atoms with Crippen LogP contribution in [0.15, 0.2) is 16.6 Å². The molecule has 2 aromatic rings. The van der Waals surface area contributed by atoms with Gasteiger partial charge in [-0.2, -0.15) is 0 Å². The lowest BCUT2D eigenvalue weighted by molar-refractivity contribution is 0.104. The monoisotopic (exact) mass is 346 g/mol. The smallest absolute Gasteiger partial charge is 0.212 e. The number of hydrogen-bond donors (Lipinski definition) is 0. The standard InChI is InChI=1S/C12H8BrClOS2/c13-7-5-10(17-12(7)14)11(15)9-4-6-2-1-3-8(6)16-9/h4-5H,1-3H2. The minimum atomic E-state index is 0.0991. The maximum atomic E-state index is 12.3. The second-order valence-corrected chi connectivity index (χ2v) is 7.62. The summed E-state index contributed by atoms with van der Waals surface area (Å²) in [5, 5.41) is 0. The zero-order valence-corrected chi connectivity index (χ0v) is 12.7. The van der Waals surface area contributed by atoms with E-state index >= 15 is 0 Å². The number of aryl methyl sites for hydroxylation is 2. The molecule has 0 radical (unpaired) electrons. The quantitative estimate of drug-likeness (QED) is 0.703. The number of hydrogen-bond acceptors (Lipinski definition) is 3.